The maximum absolute atomic E-state index is 12.2. The third kappa shape index (κ3) is 5.48. The van der Waals surface area contributed by atoms with Crippen molar-refractivity contribution in [2.45, 2.75) is 25.3 Å². The summed E-state index contributed by atoms with van der Waals surface area (Å²) in [5.41, 5.74) is 1.24. The molecule has 0 bridgehead atoms. The number of benzene rings is 1. The van der Waals surface area contributed by atoms with Crippen LogP contribution in [0.1, 0.15) is 24.8 Å². The second kappa shape index (κ2) is 8.27. The van der Waals surface area contributed by atoms with Crippen LogP contribution in [0.4, 0.5) is 0 Å². The number of amides is 1. The highest BCUT2D eigenvalue weighted by Gasteiger charge is 2.22. The Kier molecular flexibility index (Phi) is 5.83. The number of carbonyl (C=O) groups excluding carboxylic acids is 1. The number of rotatable bonds is 7. The summed E-state index contributed by atoms with van der Waals surface area (Å²) in [6.45, 7) is 5.47. The predicted molar refractivity (Wildman–Crippen MR) is 94.1 cm³/mol. The van der Waals surface area contributed by atoms with Crippen LogP contribution in [-0.2, 0) is 4.79 Å². The zero-order valence-electron chi connectivity index (χ0n) is 13.8. The second-order valence-electron chi connectivity index (χ2n) is 6.47. The highest BCUT2D eigenvalue weighted by atomic mass is 16.2. The second-order valence-corrected chi connectivity index (χ2v) is 6.47. The quantitative estimate of drug-likeness (QED) is 0.836. The molecule has 1 amide bonds. The first-order chi connectivity index (χ1) is 11.3. The van der Waals surface area contributed by atoms with Crippen LogP contribution >= 0.6 is 0 Å². The van der Waals surface area contributed by atoms with Crippen LogP contribution in [0.3, 0.4) is 0 Å². The maximum Gasteiger partial charge on any atom is 0.223 e. The van der Waals surface area contributed by atoms with Gasteiger partial charge in [0.1, 0.15) is 0 Å². The Balaban J connectivity index is 1.33. The van der Waals surface area contributed by atoms with Gasteiger partial charge in [-0.2, -0.15) is 0 Å². The molecule has 0 aromatic heterocycles. The molecular weight excluding hydrogens is 286 g/mol. The van der Waals surface area contributed by atoms with E-state index in [0.717, 1.165) is 39.3 Å². The predicted octanol–water partition coefficient (Wildman–Crippen LogP) is 1.99. The van der Waals surface area contributed by atoms with Crippen LogP contribution in [-0.4, -0.2) is 61.0 Å². The fourth-order valence-corrected chi connectivity index (χ4v) is 2.91. The van der Waals surface area contributed by atoms with Crippen molar-refractivity contribution in [3.05, 3.63) is 42.0 Å². The number of nitrogens with one attached hydrogen (secondary N) is 1. The van der Waals surface area contributed by atoms with Crippen LogP contribution in [0.5, 0.6) is 0 Å². The monoisotopic (exact) mass is 313 g/mol. The van der Waals surface area contributed by atoms with E-state index < -0.39 is 0 Å². The number of carbonyl (C=O) groups is 1. The molecule has 1 aromatic carbocycles. The van der Waals surface area contributed by atoms with Crippen molar-refractivity contribution in [2.75, 3.05) is 39.3 Å². The fourth-order valence-electron chi connectivity index (χ4n) is 2.91. The third-order valence-electron chi connectivity index (χ3n) is 4.55. The van der Waals surface area contributed by atoms with Crippen molar-refractivity contribution >= 4 is 12.0 Å². The van der Waals surface area contributed by atoms with Crippen molar-refractivity contribution < 1.29 is 4.79 Å². The molecule has 1 saturated heterocycles. The van der Waals surface area contributed by atoms with Crippen LogP contribution in [0, 0.1) is 0 Å². The van der Waals surface area contributed by atoms with Crippen molar-refractivity contribution in [1.82, 2.24) is 15.1 Å². The molecule has 4 heteroatoms. The normalized spacial score (nSPS) is 19.4. The van der Waals surface area contributed by atoms with Crippen molar-refractivity contribution in [3.63, 3.8) is 0 Å². The Morgan fingerprint density at radius 3 is 2.57 bits per heavy atom. The Hall–Kier alpha value is -1.65. The molecule has 0 unspecified atom stereocenters. The van der Waals surface area contributed by atoms with E-state index in [1.54, 1.807) is 0 Å². The first kappa shape index (κ1) is 16.2. The van der Waals surface area contributed by atoms with Crippen LogP contribution in [0.2, 0.25) is 0 Å². The molecule has 1 saturated carbocycles. The van der Waals surface area contributed by atoms with E-state index in [1.165, 1.54) is 18.4 Å². The van der Waals surface area contributed by atoms with E-state index in [-0.39, 0.29) is 0 Å². The van der Waals surface area contributed by atoms with Gasteiger partial charge in [-0.05, 0) is 18.4 Å². The summed E-state index contributed by atoms with van der Waals surface area (Å²) in [5.74, 6) is 0.303. The first-order valence-electron chi connectivity index (χ1n) is 8.76. The van der Waals surface area contributed by atoms with Gasteiger partial charge in [-0.25, -0.2) is 0 Å². The molecule has 1 aliphatic heterocycles. The molecule has 0 atom stereocenters. The zero-order chi connectivity index (χ0) is 15.9. The summed E-state index contributed by atoms with van der Waals surface area (Å²) in [6, 6.07) is 11.1. The van der Waals surface area contributed by atoms with E-state index >= 15 is 0 Å². The molecule has 4 nitrogen and oxygen atoms in total. The molecule has 23 heavy (non-hydrogen) atoms. The Labute approximate surface area is 139 Å². The Morgan fingerprint density at radius 2 is 1.87 bits per heavy atom. The van der Waals surface area contributed by atoms with Crippen molar-refractivity contribution in [3.8, 4) is 0 Å². The van der Waals surface area contributed by atoms with Crippen LogP contribution in [0.15, 0.2) is 36.4 Å². The number of hydrogen-bond donors (Lipinski definition) is 1. The summed E-state index contributed by atoms with van der Waals surface area (Å²) in [7, 11) is 0. The Morgan fingerprint density at radius 1 is 1.13 bits per heavy atom. The largest absolute Gasteiger partial charge is 0.340 e. The van der Waals surface area contributed by atoms with E-state index in [2.05, 4.69) is 46.6 Å². The van der Waals surface area contributed by atoms with Crippen LogP contribution in [0.25, 0.3) is 6.08 Å². The molecule has 1 N–H and O–H groups in total. The average Bonchev–Trinajstić information content (AvgIpc) is 3.41. The molecule has 0 spiro atoms. The molecule has 124 valence electrons. The lowest BCUT2D eigenvalue weighted by Gasteiger charge is -2.34. The van der Waals surface area contributed by atoms with Gasteiger partial charge in [-0.1, -0.05) is 42.5 Å². The van der Waals surface area contributed by atoms with E-state index in [4.69, 9.17) is 0 Å². The molecular formula is C19H27N3O. The van der Waals surface area contributed by atoms with Gasteiger partial charge < -0.3 is 10.2 Å². The summed E-state index contributed by atoms with van der Waals surface area (Å²) >= 11 is 0. The van der Waals surface area contributed by atoms with Crippen LogP contribution < -0.4 is 5.32 Å². The van der Waals surface area contributed by atoms with Gasteiger partial charge in [-0.3, -0.25) is 9.69 Å². The molecule has 1 aliphatic carbocycles. The number of hydrogen-bond acceptors (Lipinski definition) is 3. The molecule has 1 aromatic rings. The summed E-state index contributed by atoms with van der Waals surface area (Å²) in [6.07, 6.45) is 7.59. The van der Waals surface area contributed by atoms with Gasteiger partial charge in [-0.15, -0.1) is 0 Å². The van der Waals surface area contributed by atoms with Gasteiger partial charge in [0.25, 0.3) is 0 Å². The first-order valence-corrected chi connectivity index (χ1v) is 8.76. The lowest BCUT2D eigenvalue weighted by molar-refractivity contribution is -0.132. The topological polar surface area (TPSA) is 35.6 Å². The van der Waals surface area contributed by atoms with Gasteiger partial charge in [0.2, 0.25) is 5.91 Å². The van der Waals surface area contributed by atoms with E-state index in [0.29, 0.717) is 18.4 Å². The summed E-state index contributed by atoms with van der Waals surface area (Å²) in [5, 5.41) is 3.41. The minimum Gasteiger partial charge on any atom is -0.340 e. The van der Waals surface area contributed by atoms with Crippen molar-refractivity contribution in [2.24, 2.45) is 0 Å². The Bertz CT molecular complexity index is 517. The minimum absolute atomic E-state index is 0.303. The minimum atomic E-state index is 0.303. The maximum atomic E-state index is 12.2. The van der Waals surface area contributed by atoms with Gasteiger partial charge in [0, 0.05) is 51.7 Å². The summed E-state index contributed by atoms with van der Waals surface area (Å²) in [4.78, 5) is 16.6. The number of nitrogens with zero attached hydrogens (tertiary/aromatic N) is 2. The summed E-state index contributed by atoms with van der Waals surface area (Å²) < 4.78 is 0. The standard InChI is InChI=1S/C19H27N3O/c23-19(10-11-20-18-8-9-18)22-15-13-21(14-16-22)12-4-7-17-5-2-1-3-6-17/h1-7,18,20H,8-16H2/b7-4+. The zero-order valence-corrected chi connectivity index (χ0v) is 13.8. The fraction of sp³-hybridized carbons (Fsp3) is 0.526. The van der Waals surface area contributed by atoms with Gasteiger partial charge in [0.05, 0.1) is 0 Å². The van der Waals surface area contributed by atoms with Gasteiger partial charge in [0.15, 0.2) is 0 Å². The number of piperazine rings is 1. The van der Waals surface area contributed by atoms with E-state index in [1.807, 2.05) is 11.0 Å². The smallest absolute Gasteiger partial charge is 0.223 e. The average molecular weight is 313 g/mol. The molecule has 1 heterocycles. The highest BCUT2D eigenvalue weighted by Crippen LogP contribution is 2.18. The molecule has 3 rings (SSSR count). The van der Waals surface area contributed by atoms with E-state index in [9.17, 15) is 4.79 Å². The SMILES string of the molecule is O=C(CCNC1CC1)N1CCN(C/C=C/c2ccccc2)CC1. The van der Waals surface area contributed by atoms with Crippen molar-refractivity contribution in [1.29, 1.82) is 0 Å². The molecule has 0 radical (unpaired) electrons. The lowest BCUT2D eigenvalue weighted by atomic mass is 10.2. The third-order valence-corrected chi connectivity index (χ3v) is 4.55. The molecule has 2 aliphatic rings. The lowest BCUT2D eigenvalue weighted by Crippen LogP contribution is -2.49. The van der Waals surface area contributed by atoms with Gasteiger partial charge >= 0.3 is 0 Å². The molecule has 2 fully saturated rings. The highest BCUT2D eigenvalue weighted by molar-refractivity contribution is 5.76.